The Labute approximate surface area is 216 Å². The molecule has 0 atom stereocenters. The van der Waals surface area contributed by atoms with E-state index in [9.17, 15) is 4.79 Å². The van der Waals surface area contributed by atoms with E-state index in [2.05, 4.69) is 52.1 Å². The van der Waals surface area contributed by atoms with Crippen LogP contribution < -0.4 is 0 Å². The first-order chi connectivity index (χ1) is 17.7. The van der Waals surface area contributed by atoms with Crippen LogP contribution in [-0.4, -0.2) is 71.0 Å². The van der Waals surface area contributed by atoms with Gasteiger partial charge in [0, 0.05) is 68.1 Å². The number of rotatable bonds is 9. The van der Waals surface area contributed by atoms with E-state index in [1.807, 2.05) is 41.3 Å². The van der Waals surface area contributed by atoms with E-state index < -0.39 is 0 Å². The van der Waals surface area contributed by atoms with Gasteiger partial charge in [-0.15, -0.1) is 11.3 Å². The van der Waals surface area contributed by atoms with Crippen LogP contribution in [0.4, 0.5) is 0 Å². The lowest BCUT2D eigenvalue weighted by atomic mass is 10.1. The molecule has 1 aliphatic heterocycles. The summed E-state index contributed by atoms with van der Waals surface area (Å²) >= 11 is 1.65. The SMILES string of the molecule is Cc1ccc(-c2cn3c(CCN(CCN4CCOCC4)C(=O)C=Cc4ccccc4)csc3n2)cc1. The molecule has 7 heteroatoms. The molecule has 4 aromatic rings. The molecule has 2 aromatic heterocycles. The van der Waals surface area contributed by atoms with Crippen molar-refractivity contribution >= 4 is 28.3 Å². The number of morpholine rings is 1. The Morgan fingerprint density at radius 2 is 1.86 bits per heavy atom. The van der Waals surface area contributed by atoms with Crippen LogP contribution in [-0.2, 0) is 16.0 Å². The van der Waals surface area contributed by atoms with Gasteiger partial charge in [-0.05, 0) is 18.6 Å². The molecule has 0 unspecified atom stereocenters. The van der Waals surface area contributed by atoms with Gasteiger partial charge in [-0.2, -0.15) is 0 Å². The number of amides is 1. The summed E-state index contributed by atoms with van der Waals surface area (Å²) in [6.07, 6.45) is 6.49. The van der Waals surface area contributed by atoms with E-state index in [1.165, 1.54) is 11.3 Å². The first-order valence-electron chi connectivity index (χ1n) is 12.5. The highest BCUT2D eigenvalue weighted by atomic mass is 32.1. The zero-order valence-electron chi connectivity index (χ0n) is 20.7. The quantitative estimate of drug-likeness (QED) is 0.310. The number of aryl methyl sites for hydroxylation is 1. The summed E-state index contributed by atoms with van der Waals surface area (Å²) in [5.74, 6) is 0.0459. The molecule has 0 aliphatic carbocycles. The van der Waals surface area contributed by atoms with Crippen LogP contribution >= 0.6 is 11.3 Å². The van der Waals surface area contributed by atoms with Gasteiger partial charge in [0.05, 0.1) is 18.9 Å². The molecule has 3 heterocycles. The Hall–Kier alpha value is -3.26. The highest BCUT2D eigenvalue weighted by molar-refractivity contribution is 7.15. The maximum absolute atomic E-state index is 13.2. The first-order valence-corrected chi connectivity index (χ1v) is 13.4. The van der Waals surface area contributed by atoms with Crippen molar-refractivity contribution in [3.8, 4) is 11.3 Å². The van der Waals surface area contributed by atoms with E-state index >= 15 is 0 Å². The summed E-state index contributed by atoms with van der Waals surface area (Å²) in [6, 6.07) is 18.4. The molecule has 0 radical (unpaired) electrons. The monoisotopic (exact) mass is 500 g/mol. The fraction of sp³-hybridized carbons (Fsp3) is 0.310. The number of ether oxygens (including phenoxy) is 1. The Balaban J connectivity index is 1.29. The van der Waals surface area contributed by atoms with Crippen LogP contribution in [0.1, 0.15) is 16.8 Å². The molecular formula is C29H32N4O2S. The number of aromatic nitrogens is 2. The molecular weight excluding hydrogens is 468 g/mol. The molecule has 6 nitrogen and oxygen atoms in total. The summed E-state index contributed by atoms with van der Waals surface area (Å²) in [7, 11) is 0. The molecule has 36 heavy (non-hydrogen) atoms. The first kappa shape index (κ1) is 24.4. The Morgan fingerprint density at radius 3 is 2.64 bits per heavy atom. The predicted molar refractivity (Wildman–Crippen MR) is 146 cm³/mol. The van der Waals surface area contributed by atoms with Crippen LogP contribution in [0, 0.1) is 6.92 Å². The van der Waals surface area contributed by atoms with Crippen LogP contribution in [0.25, 0.3) is 22.3 Å². The fourth-order valence-corrected chi connectivity index (χ4v) is 5.29. The van der Waals surface area contributed by atoms with E-state index in [0.29, 0.717) is 13.1 Å². The summed E-state index contributed by atoms with van der Waals surface area (Å²) in [6.45, 7) is 7.67. The number of hydrogen-bond donors (Lipinski definition) is 0. The normalized spacial score (nSPS) is 14.6. The second-order valence-electron chi connectivity index (χ2n) is 9.15. The molecule has 1 aliphatic rings. The van der Waals surface area contributed by atoms with Gasteiger partial charge in [-0.25, -0.2) is 4.98 Å². The topological polar surface area (TPSA) is 50.1 Å². The third-order valence-electron chi connectivity index (χ3n) is 6.59. The number of hydrogen-bond acceptors (Lipinski definition) is 5. The van der Waals surface area contributed by atoms with Crippen molar-refractivity contribution in [1.82, 2.24) is 19.2 Å². The van der Waals surface area contributed by atoms with Crippen molar-refractivity contribution in [3.05, 3.63) is 89.1 Å². The van der Waals surface area contributed by atoms with Crippen molar-refractivity contribution in [1.29, 1.82) is 0 Å². The lowest BCUT2D eigenvalue weighted by molar-refractivity contribution is -0.126. The molecule has 1 saturated heterocycles. The average Bonchev–Trinajstić information content (AvgIpc) is 3.50. The highest BCUT2D eigenvalue weighted by Gasteiger charge is 2.17. The molecule has 0 saturated carbocycles. The maximum Gasteiger partial charge on any atom is 0.246 e. The Kier molecular flexibility index (Phi) is 7.91. The molecule has 1 fully saturated rings. The Bertz CT molecular complexity index is 1300. The fourth-order valence-electron chi connectivity index (χ4n) is 4.38. The number of benzene rings is 2. The number of fused-ring (bicyclic) bond motifs is 1. The van der Waals surface area contributed by atoms with Crippen LogP contribution in [0.3, 0.4) is 0 Å². The molecule has 1 amide bonds. The second kappa shape index (κ2) is 11.6. The predicted octanol–water partition coefficient (Wildman–Crippen LogP) is 4.79. The van der Waals surface area contributed by atoms with E-state index in [4.69, 9.17) is 9.72 Å². The van der Waals surface area contributed by atoms with Gasteiger partial charge in [-0.3, -0.25) is 14.1 Å². The number of carbonyl (C=O) groups is 1. The molecule has 0 bridgehead atoms. The minimum absolute atomic E-state index is 0.0459. The van der Waals surface area contributed by atoms with Gasteiger partial charge < -0.3 is 9.64 Å². The van der Waals surface area contributed by atoms with Crippen molar-refractivity contribution in [2.45, 2.75) is 13.3 Å². The summed E-state index contributed by atoms with van der Waals surface area (Å²) in [4.78, 5) is 23.4. The van der Waals surface area contributed by atoms with Gasteiger partial charge >= 0.3 is 0 Å². The largest absolute Gasteiger partial charge is 0.379 e. The summed E-state index contributed by atoms with van der Waals surface area (Å²) in [5, 5.41) is 2.16. The average molecular weight is 501 g/mol. The summed E-state index contributed by atoms with van der Waals surface area (Å²) < 4.78 is 7.65. The number of carbonyl (C=O) groups excluding carboxylic acids is 1. The van der Waals surface area contributed by atoms with Crippen LogP contribution in [0.5, 0.6) is 0 Å². The molecule has 5 rings (SSSR count). The third kappa shape index (κ3) is 6.10. The summed E-state index contributed by atoms with van der Waals surface area (Å²) in [5.41, 5.74) is 5.55. The van der Waals surface area contributed by atoms with E-state index in [-0.39, 0.29) is 5.91 Å². The number of thiazole rings is 1. The van der Waals surface area contributed by atoms with Gasteiger partial charge in [0.2, 0.25) is 5.91 Å². The minimum Gasteiger partial charge on any atom is -0.379 e. The number of imidazole rings is 1. The molecule has 0 spiro atoms. The lowest BCUT2D eigenvalue weighted by Gasteiger charge is -2.29. The second-order valence-corrected chi connectivity index (χ2v) is 9.98. The standard InChI is InChI=1S/C29H32N4O2S/c1-23-7-10-25(11-8-23)27-21-33-26(22-36-29(33)30-27)13-14-32(16-15-31-17-19-35-20-18-31)28(34)12-9-24-5-3-2-4-6-24/h2-12,21-22H,13-20H2,1H3. The van der Waals surface area contributed by atoms with Gasteiger partial charge in [-0.1, -0.05) is 60.2 Å². The maximum atomic E-state index is 13.2. The number of nitrogens with zero attached hydrogens (tertiary/aromatic N) is 4. The van der Waals surface area contributed by atoms with Gasteiger partial charge in [0.15, 0.2) is 4.96 Å². The smallest absolute Gasteiger partial charge is 0.246 e. The van der Waals surface area contributed by atoms with Crippen molar-refractivity contribution in [2.75, 3.05) is 45.9 Å². The van der Waals surface area contributed by atoms with Crippen molar-refractivity contribution in [3.63, 3.8) is 0 Å². The van der Waals surface area contributed by atoms with E-state index in [0.717, 1.165) is 61.1 Å². The zero-order valence-corrected chi connectivity index (χ0v) is 21.5. The van der Waals surface area contributed by atoms with Crippen molar-refractivity contribution in [2.24, 2.45) is 0 Å². The minimum atomic E-state index is 0.0459. The van der Waals surface area contributed by atoms with E-state index in [1.54, 1.807) is 17.4 Å². The Morgan fingerprint density at radius 1 is 1.08 bits per heavy atom. The third-order valence-corrected chi connectivity index (χ3v) is 7.48. The van der Waals surface area contributed by atoms with Crippen LogP contribution in [0.2, 0.25) is 0 Å². The highest BCUT2D eigenvalue weighted by Crippen LogP contribution is 2.24. The lowest BCUT2D eigenvalue weighted by Crippen LogP contribution is -2.43. The van der Waals surface area contributed by atoms with Crippen molar-refractivity contribution < 1.29 is 9.53 Å². The van der Waals surface area contributed by atoms with Gasteiger partial charge in [0.25, 0.3) is 0 Å². The van der Waals surface area contributed by atoms with Crippen LogP contribution in [0.15, 0.2) is 72.3 Å². The van der Waals surface area contributed by atoms with Gasteiger partial charge in [0.1, 0.15) is 0 Å². The molecule has 2 aromatic carbocycles. The molecule has 186 valence electrons. The molecule has 0 N–H and O–H groups in total. The zero-order chi connectivity index (χ0) is 24.7.